The largest absolute Gasteiger partial charge is 0.348 e. The second-order valence-corrected chi connectivity index (χ2v) is 6.58. The lowest BCUT2D eigenvalue weighted by Crippen LogP contribution is -2.26. The van der Waals surface area contributed by atoms with Gasteiger partial charge < -0.3 is 10.3 Å². The molecule has 4 rings (SSSR count). The van der Waals surface area contributed by atoms with Crippen LogP contribution < -0.4 is 10.9 Å². The van der Waals surface area contributed by atoms with Gasteiger partial charge in [0.05, 0.1) is 11.7 Å². The summed E-state index contributed by atoms with van der Waals surface area (Å²) >= 11 is 6.16. The fourth-order valence-electron chi connectivity index (χ4n) is 3.16. The lowest BCUT2D eigenvalue weighted by atomic mass is 10.0. The van der Waals surface area contributed by atoms with E-state index in [-0.39, 0.29) is 11.5 Å². The third-order valence-corrected chi connectivity index (χ3v) is 4.91. The molecule has 1 amide bonds. The molecule has 5 nitrogen and oxygen atoms in total. The minimum absolute atomic E-state index is 0.239. The van der Waals surface area contributed by atoms with E-state index in [2.05, 4.69) is 15.3 Å². The standard InChI is InChI=1S/C20H16ClN3O2/c21-17-4-2-1-3-13(17)10-23-19(25)12-5-6-14-15-7-8-22-11-18(15)24-20(26)16(14)9-12/h3-9,11H,1-2,10H2,(H,23,25)(H,24,26). The number of nitrogens with zero attached hydrogens (tertiary/aromatic N) is 1. The van der Waals surface area contributed by atoms with Gasteiger partial charge in [-0.25, -0.2) is 0 Å². The molecule has 6 heteroatoms. The van der Waals surface area contributed by atoms with Gasteiger partial charge in [0.15, 0.2) is 0 Å². The third kappa shape index (κ3) is 3.02. The molecule has 0 saturated carbocycles. The van der Waals surface area contributed by atoms with Gasteiger partial charge in [-0.05, 0) is 42.0 Å². The maximum absolute atomic E-state index is 12.5. The highest BCUT2D eigenvalue weighted by atomic mass is 35.5. The molecule has 3 aromatic rings. The Labute approximate surface area is 154 Å². The normalized spacial score (nSPS) is 14.2. The van der Waals surface area contributed by atoms with E-state index in [1.807, 2.05) is 18.2 Å². The van der Waals surface area contributed by atoms with Crippen molar-refractivity contribution in [1.82, 2.24) is 15.3 Å². The third-order valence-electron chi connectivity index (χ3n) is 4.51. The molecule has 0 radical (unpaired) electrons. The first kappa shape index (κ1) is 16.5. The van der Waals surface area contributed by atoms with Crippen LogP contribution >= 0.6 is 11.6 Å². The molecule has 2 N–H and O–H groups in total. The van der Waals surface area contributed by atoms with Crippen molar-refractivity contribution in [3.05, 3.63) is 75.3 Å². The SMILES string of the molecule is O=C(NCC1=CCCC=C1Cl)c1ccc2c(c1)c(=O)[nH]c1cnccc12. The maximum atomic E-state index is 12.5. The maximum Gasteiger partial charge on any atom is 0.256 e. The van der Waals surface area contributed by atoms with E-state index in [0.29, 0.717) is 28.0 Å². The fraction of sp³-hybridized carbons (Fsp3) is 0.150. The van der Waals surface area contributed by atoms with Crippen molar-refractivity contribution in [3.63, 3.8) is 0 Å². The van der Waals surface area contributed by atoms with Crippen LogP contribution in [0.1, 0.15) is 23.2 Å². The van der Waals surface area contributed by atoms with Crippen molar-refractivity contribution < 1.29 is 4.79 Å². The Balaban J connectivity index is 1.65. The van der Waals surface area contributed by atoms with E-state index in [9.17, 15) is 9.59 Å². The van der Waals surface area contributed by atoms with Crippen molar-refractivity contribution >= 4 is 39.2 Å². The number of nitrogens with one attached hydrogen (secondary N) is 2. The summed E-state index contributed by atoms with van der Waals surface area (Å²) in [4.78, 5) is 31.7. The second-order valence-electron chi connectivity index (χ2n) is 6.18. The number of fused-ring (bicyclic) bond motifs is 3. The van der Waals surface area contributed by atoms with E-state index < -0.39 is 0 Å². The molecule has 2 heterocycles. The Morgan fingerprint density at radius 3 is 2.85 bits per heavy atom. The number of carbonyl (C=O) groups excluding carboxylic acids is 1. The van der Waals surface area contributed by atoms with Crippen LogP contribution in [0.15, 0.2) is 64.2 Å². The minimum atomic E-state index is -0.240. The molecule has 1 aliphatic rings. The molecule has 0 atom stereocenters. The number of aromatic amines is 1. The highest BCUT2D eigenvalue weighted by molar-refractivity contribution is 6.32. The number of benzene rings is 1. The van der Waals surface area contributed by atoms with Gasteiger partial charge in [0.25, 0.3) is 11.5 Å². The average molecular weight is 366 g/mol. The Morgan fingerprint density at radius 2 is 2.00 bits per heavy atom. The van der Waals surface area contributed by atoms with Gasteiger partial charge in [-0.1, -0.05) is 29.8 Å². The van der Waals surface area contributed by atoms with Crippen LogP contribution in [0.5, 0.6) is 0 Å². The zero-order chi connectivity index (χ0) is 18.1. The van der Waals surface area contributed by atoms with Gasteiger partial charge in [-0.15, -0.1) is 0 Å². The van der Waals surface area contributed by atoms with E-state index in [4.69, 9.17) is 11.6 Å². The zero-order valence-corrected chi connectivity index (χ0v) is 14.6. The minimum Gasteiger partial charge on any atom is -0.348 e. The van der Waals surface area contributed by atoms with E-state index in [1.165, 1.54) is 0 Å². The monoisotopic (exact) mass is 365 g/mol. The van der Waals surface area contributed by atoms with Crippen LogP contribution in [0.3, 0.4) is 0 Å². The number of carbonyl (C=O) groups is 1. The number of allylic oxidation sites excluding steroid dienone is 2. The predicted octanol–water partition coefficient (Wildman–Crippen LogP) is 3.65. The number of halogens is 1. The number of pyridine rings is 2. The van der Waals surface area contributed by atoms with Crippen LogP contribution in [0.25, 0.3) is 21.7 Å². The van der Waals surface area contributed by atoms with Gasteiger partial charge in [0.2, 0.25) is 0 Å². The Morgan fingerprint density at radius 1 is 1.15 bits per heavy atom. The van der Waals surface area contributed by atoms with Crippen LogP contribution in [-0.4, -0.2) is 22.4 Å². The average Bonchev–Trinajstić information content (AvgIpc) is 2.67. The summed E-state index contributed by atoms with van der Waals surface area (Å²) in [7, 11) is 0. The summed E-state index contributed by atoms with van der Waals surface area (Å²) in [6.07, 6.45) is 9.14. The van der Waals surface area contributed by atoms with Crippen molar-refractivity contribution in [2.45, 2.75) is 12.8 Å². The van der Waals surface area contributed by atoms with E-state index in [0.717, 1.165) is 29.2 Å². The molecule has 1 aromatic carbocycles. The number of H-pyrrole nitrogens is 1. The van der Waals surface area contributed by atoms with Gasteiger partial charge in [-0.3, -0.25) is 14.6 Å². The van der Waals surface area contributed by atoms with Crippen molar-refractivity contribution in [1.29, 1.82) is 0 Å². The van der Waals surface area contributed by atoms with Crippen LogP contribution in [0.4, 0.5) is 0 Å². The summed E-state index contributed by atoms with van der Waals surface area (Å²) in [6.45, 7) is 0.367. The van der Waals surface area contributed by atoms with E-state index in [1.54, 1.807) is 30.6 Å². The predicted molar refractivity (Wildman–Crippen MR) is 103 cm³/mol. The number of rotatable bonds is 3. The molecule has 0 bridgehead atoms. The number of hydrogen-bond donors (Lipinski definition) is 2. The first-order valence-electron chi connectivity index (χ1n) is 8.36. The van der Waals surface area contributed by atoms with Crippen molar-refractivity contribution in [3.8, 4) is 0 Å². The van der Waals surface area contributed by atoms with Gasteiger partial charge in [-0.2, -0.15) is 0 Å². The Bertz CT molecular complexity index is 1140. The first-order chi connectivity index (χ1) is 12.6. The summed E-state index contributed by atoms with van der Waals surface area (Å²) < 4.78 is 0. The van der Waals surface area contributed by atoms with Crippen LogP contribution in [-0.2, 0) is 0 Å². The van der Waals surface area contributed by atoms with Crippen LogP contribution in [0, 0.1) is 0 Å². The molecule has 2 aromatic heterocycles. The fourth-order valence-corrected chi connectivity index (χ4v) is 3.41. The molecule has 1 aliphatic carbocycles. The van der Waals surface area contributed by atoms with E-state index >= 15 is 0 Å². The summed E-state index contributed by atoms with van der Waals surface area (Å²) in [5.74, 6) is -0.239. The van der Waals surface area contributed by atoms with Gasteiger partial charge >= 0.3 is 0 Å². The zero-order valence-electron chi connectivity index (χ0n) is 13.9. The molecule has 0 unspecified atom stereocenters. The highest BCUT2D eigenvalue weighted by Crippen LogP contribution is 2.23. The first-order valence-corrected chi connectivity index (χ1v) is 8.74. The molecule has 0 aliphatic heterocycles. The molecular weight excluding hydrogens is 350 g/mol. The number of aromatic nitrogens is 2. The lowest BCUT2D eigenvalue weighted by Gasteiger charge is -2.12. The molecule has 0 fully saturated rings. The van der Waals surface area contributed by atoms with Crippen molar-refractivity contribution in [2.24, 2.45) is 0 Å². The lowest BCUT2D eigenvalue weighted by molar-refractivity contribution is 0.0957. The summed E-state index contributed by atoms with van der Waals surface area (Å²) in [5.41, 5.74) is 1.79. The molecule has 0 saturated heterocycles. The molecule has 0 spiro atoms. The quantitative estimate of drug-likeness (QED) is 0.696. The number of amides is 1. The number of hydrogen-bond acceptors (Lipinski definition) is 3. The second kappa shape index (κ2) is 6.77. The van der Waals surface area contributed by atoms with Crippen LogP contribution in [0.2, 0.25) is 0 Å². The molecular formula is C20H16ClN3O2. The summed E-state index contributed by atoms with van der Waals surface area (Å²) in [5, 5.41) is 5.72. The van der Waals surface area contributed by atoms with Gasteiger partial charge in [0, 0.05) is 34.1 Å². The summed E-state index contributed by atoms with van der Waals surface area (Å²) in [6, 6.07) is 6.99. The Hall–Kier alpha value is -2.92. The molecule has 130 valence electrons. The molecule has 26 heavy (non-hydrogen) atoms. The highest BCUT2D eigenvalue weighted by Gasteiger charge is 2.12. The smallest absolute Gasteiger partial charge is 0.256 e. The van der Waals surface area contributed by atoms with Crippen molar-refractivity contribution in [2.75, 3.05) is 6.54 Å². The van der Waals surface area contributed by atoms with Gasteiger partial charge in [0.1, 0.15) is 0 Å². The Kier molecular flexibility index (Phi) is 4.31. The topological polar surface area (TPSA) is 74.8 Å².